The number of esters is 1. The fraction of sp³-hybridized carbons (Fsp3) is 0.923. The van der Waals surface area contributed by atoms with E-state index in [2.05, 4.69) is 10.2 Å². The molecule has 1 N–H and O–H groups in total. The summed E-state index contributed by atoms with van der Waals surface area (Å²) in [6.45, 7) is 5.79. The van der Waals surface area contributed by atoms with Crippen molar-refractivity contribution in [3.8, 4) is 0 Å². The van der Waals surface area contributed by atoms with Gasteiger partial charge in [-0.15, -0.1) is 0 Å². The maximum Gasteiger partial charge on any atom is 0.325 e. The molecule has 0 aromatic rings. The van der Waals surface area contributed by atoms with Crippen LogP contribution >= 0.6 is 0 Å². The molecule has 0 bridgehead atoms. The quantitative estimate of drug-likeness (QED) is 0.674. The van der Waals surface area contributed by atoms with Crippen molar-refractivity contribution in [1.82, 2.24) is 10.2 Å². The number of likely N-dealkylation sites (tertiary alicyclic amines) is 1. The van der Waals surface area contributed by atoms with Crippen molar-refractivity contribution in [2.24, 2.45) is 5.92 Å². The number of hydrogen-bond donors (Lipinski definition) is 1. The van der Waals surface area contributed by atoms with Crippen molar-refractivity contribution in [3.63, 3.8) is 0 Å². The summed E-state index contributed by atoms with van der Waals surface area (Å²) in [4.78, 5) is 14.1. The van der Waals surface area contributed by atoms with E-state index in [0.717, 1.165) is 32.7 Å². The molecule has 0 aromatic carbocycles. The Kier molecular flexibility index (Phi) is 6.05. The summed E-state index contributed by atoms with van der Waals surface area (Å²) in [5.74, 6) is 0.437. The van der Waals surface area contributed by atoms with Gasteiger partial charge in [0.05, 0.1) is 13.7 Å². The van der Waals surface area contributed by atoms with Crippen LogP contribution in [0.2, 0.25) is 0 Å². The van der Waals surface area contributed by atoms with E-state index in [9.17, 15) is 4.79 Å². The van der Waals surface area contributed by atoms with E-state index in [0.29, 0.717) is 5.92 Å². The van der Waals surface area contributed by atoms with Gasteiger partial charge in [0.1, 0.15) is 5.54 Å². The standard InChI is InChI=1S/C13H26N2O3/c1-13(14-2,12(16)18-4)6-8-15-7-5-11(9-15)10-17-3/h11,14H,5-10H2,1-4H3. The average Bonchev–Trinajstić information content (AvgIpc) is 2.83. The zero-order valence-corrected chi connectivity index (χ0v) is 12.0. The van der Waals surface area contributed by atoms with Crippen LogP contribution in [0.15, 0.2) is 0 Å². The zero-order chi connectivity index (χ0) is 13.6. The van der Waals surface area contributed by atoms with Gasteiger partial charge in [0, 0.05) is 20.2 Å². The number of nitrogens with zero attached hydrogens (tertiary/aromatic N) is 1. The Hall–Kier alpha value is -0.650. The van der Waals surface area contributed by atoms with Gasteiger partial charge in [-0.25, -0.2) is 0 Å². The Morgan fingerprint density at radius 1 is 1.50 bits per heavy atom. The van der Waals surface area contributed by atoms with Gasteiger partial charge in [0.15, 0.2) is 0 Å². The molecule has 0 amide bonds. The molecule has 1 saturated heterocycles. The monoisotopic (exact) mass is 258 g/mol. The first-order valence-electron chi connectivity index (χ1n) is 6.54. The molecule has 18 heavy (non-hydrogen) atoms. The highest BCUT2D eigenvalue weighted by molar-refractivity contribution is 5.80. The Labute approximate surface area is 110 Å². The molecule has 1 aliphatic heterocycles. The van der Waals surface area contributed by atoms with Gasteiger partial charge < -0.3 is 19.7 Å². The Morgan fingerprint density at radius 2 is 2.22 bits per heavy atom. The molecular formula is C13H26N2O3. The van der Waals surface area contributed by atoms with Gasteiger partial charge >= 0.3 is 5.97 Å². The first-order valence-corrected chi connectivity index (χ1v) is 6.54. The lowest BCUT2D eigenvalue weighted by Gasteiger charge is -2.28. The van der Waals surface area contributed by atoms with Crippen LogP contribution in [-0.2, 0) is 14.3 Å². The number of nitrogens with one attached hydrogen (secondary N) is 1. The molecule has 106 valence electrons. The number of hydrogen-bond acceptors (Lipinski definition) is 5. The van der Waals surface area contributed by atoms with Gasteiger partial charge in [0.25, 0.3) is 0 Å². The molecule has 0 spiro atoms. The molecule has 0 saturated carbocycles. The van der Waals surface area contributed by atoms with Crippen LogP contribution in [0.25, 0.3) is 0 Å². The third-order valence-electron chi connectivity index (χ3n) is 3.89. The minimum atomic E-state index is -0.589. The molecule has 1 rings (SSSR count). The molecule has 1 fully saturated rings. The van der Waals surface area contributed by atoms with E-state index in [1.165, 1.54) is 13.5 Å². The van der Waals surface area contributed by atoms with Crippen LogP contribution in [0.4, 0.5) is 0 Å². The molecule has 5 heteroatoms. The minimum absolute atomic E-state index is 0.197. The third-order valence-corrected chi connectivity index (χ3v) is 3.89. The highest BCUT2D eigenvalue weighted by Crippen LogP contribution is 2.19. The molecule has 0 radical (unpaired) electrons. The van der Waals surface area contributed by atoms with Crippen LogP contribution in [0.5, 0.6) is 0 Å². The lowest BCUT2D eigenvalue weighted by Crippen LogP contribution is -2.50. The topological polar surface area (TPSA) is 50.8 Å². The fourth-order valence-corrected chi connectivity index (χ4v) is 2.42. The fourth-order valence-electron chi connectivity index (χ4n) is 2.42. The first kappa shape index (κ1) is 15.4. The summed E-state index contributed by atoms with van der Waals surface area (Å²) in [6, 6.07) is 0. The highest BCUT2D eigenvalue weighted by atomic mass is 16.5. The second-order valence-corrected chi connectivity index (χ2v) is 5.23. The van der Waals surface area contributed by atoms with E-state index in [4.69, 9.17) is 9.47 Å². The van der Waals surface area contributed by atoms with Crippen molar-refractivity contribution >= 4 is 5.97 Å². The number of rotatable bonds is 7. The smallest absolute Gasteiger partial charge is 0.325 e. The number of carbonyl (C=O) groups is 1. The normalized spacial score (nSPS) is 23.9. The van der Waals surface area contributed by atoms with Gasteiger partial charge in [-0.3, -0.25) is 4.79 Å². The van der Waals surface area contributed by atoms with Crippen molar-refractivity contribution in [2.45, 2.75) is 25.3 Å². The predicted octanol–water partition coefficient (Wildman–Crippen LogP) is 0.496. The summed E-state index contributed by atoms with van der Waals surface area (Å²) < 4.78 is 10.0. The van der Waals surface area contributed by atoms with Crippen molar-refractivity contribution in [1.29, 1.82) is 0 Å². The van der Waals surface area contributed by atoms with E-state index < -0.39 is 5.54 Å². The maximum atomic E-state index is 11.7. The van der Waals surface area contributed by atoms with E-state index in [1.807, 2.05) is 6.92 Å². The van der Waals surface area contributed by atoms with Crippen LogP contribution in [-0.4, -0.2) is 63.9 Å². The van der Waals surface area contributed by atoms with Crippen LogP contribution in [0, 0.1) is 5.92 Å². The SMILES string of the molecule is CNC(C)(CCN1CCC(COC)C1)C(=O)OC. The number of likely N-dealkylation sites (N-methyl/N-ethyl adjacent to an activating group) is 1. The first-order chi connectivity index (χ1) is 8.55. The van der Waals surface area contributed by atoms with Crippen LogP contribution in [0.1, 0.15) is 19.8 Å². The molecule has 2 unspecified atom stereocenters. The Morgan fingerprint density at radius 3 is 2.78 bits per heavy atom. The third kappa shape index (κ3) is 3.93. The second-order valence-electron chi connectivity index (χ2n) is 5.23. The number of methoxy groups -OCH3 is 2. The van der Waals surface area contributed by atoms with Gasteiger partial charge in [-0.2, -0.15) is 0 Å². The van der Waals surface area contributed by atoms with Gasteiger partial charge in [-0.05, 0) is 39.3 Å². The second kappa shape index (κ2) is 7.07. The lowest BCUT2D eigenvalue weighted by molar-refractivity contribution is -0.148. The summed E-state index contributed by atoms with van der Waals surface area (Å²) in [6.07, 6.45) is 1.94. The number of carbonyl (C=O) groups excluding carboxylic acids is 1. The van der Waals surface area contributed by atoms with Crippen molar-refractivity contribution < 1.29 is 14.3 Å². The average molecular weight is 258 g/mol. The summed E-state index contributed by atoms with van der Waals surface area (Å²) in [5, 5.41) is 3.06. The molecule has 0 aliphatic carbocycles. The van der Waals surface area contributed by atoms with E-state index in [1.54, 1.807) is 14.2 Å². The minimum Gasteiger partial charge on any atom is -0.468 e. The maximum absolute atomic E-state index is 11.7. The molecule has 5 nitrogen and oxygen atoms in total. The summed E-state index contributed by atoms with van der Waals surface area (Å²) >= 11 is 0. The van der Waals surface area contributed by atoms with Crippen LogP contribution < -0.4 is 5.32 Å². The molecular weight excluding hydrogens is 232 g/mol. The lowest BCUT2D eigenvalue weighted by atomic mass is 9.98. The molecule has 0 aromatic heterocycles. The Bertz CT molecular complexity index is 273. The summed E-state index contributed by atoms with van der Waals surface area (Å²) in [5.41, 5.74) is -0.589. The van der Waals surface area contributed by atoms with Gasteiger partial charge in [-0.1, -0.05) is 0 Å². The predicted molar refractivity (Wildman–Crippen MR) is 70.5 cm³/mol. The largest absolute Gasteiger partial charge is 0.468 e. The van der Waals surface area contributed by atoms with Crippen LogP contribution in [0.3, 0.4) is 0 Å². The van der Waals surface area contributed by atoms with Crippen molar-refractivity contribution in [2.75, 3.05) is 47.5 Å². The zero-order valence-electron chi connectivity index (χ0n) is 12.0. The number of ether oxygens (including phenoxy) is 2. The molecule has 2 atom stereocenters. The van der Waals surface area contributed by atoms with E-state index >= 15 is 0 Å². The molecule has 1 aliphatic rings. The van der Waals surface area contributed by atoms with Gasteiger partial charge in [0.2, 0.25) is 0 Å². The molecule has 1 heterocycles. The van der Waals surface area contributed by atoms with Crippen molar-refractivity contribution in [3.05, 3.63) is 0 Å². The summed E-state index contributed by atoms with van der Waals surface area (Å²) in [7, 11) is 4.98. The highest BCUT2D eigenvalue weighted by Gasteiger charge is 2.33. The Balaban J connectivity index is 2.38. The van der Waals surface area contributed by atoms with E-state index in [-0.39, 0.29) is 5.97 Å².